The number of aliphatic carboxylic acids is 1. The molecular formula is C14H19NO2. The Morgan fingerprint density at radius 2 is 2.06 bits per heavy atom. The molecule has 1 heterocycles. The number of fused-ring (bicyclic) bond motifs is 1. The zero-order valence-electron chi connectivity index (χ0n) is 10.4. The maximum absolute atomic E-state index is 11.4. The second kappa shape index (κ2) is 4.78. The van der Waals surface area contributed by atoms with Gasteiger partial charge >= 0.3 is 5.97 Å². The zero-order chi connectivity index (χ0) is 12.4. The number of hydrogen-bond acceptors (Lipinski definition) is 2. The van der Waals surface area contributed by atoms with Crippen molar-refractivity contribution in [3.05, 3.63) is 29.8 Å². The van der Waals surface area contributed by atoms with Crippen molar-refractivity contribution in [3.8, 4) is 0 Å². The summed E-state index contributed by atoms with van der Waals surface area (Å²) in [5, 5.41) is 9.35. The van der Waals surface area contributed by atoms with E-state index in [1.807, 2.05) is 24.3 Å². The summed E-state index contributed by atoms with van der Waals surface area (Å²) in [6.45, 7) is 4.24. The van der Waals surface area contributed by atoms with Gasteiger partial charge in [-0.25, -0.2) is 4.79 Å². The van der Waals surface area contributed by atoms with Crippen LogP contribution in [0, 0.1) is 0 Å². The molecule has 0 aromatic heterocycles. The molecule has 1 aromatic carbocycles. The number of carbonyl (C=O) groups is 1. The topological polar surface area (TPSA) is 40.5 Å². The average molecular weight is 233 g/mol. The first-order valence-electron chi connectivity index (χ1n) is 6.28. The maximum atomic E-state index is 11.4. The summed E-state index contributed by atoms with van der Waals surface area (Å²) in [4.78, 5) is 13.5. The normalized spacial score (nSPS) is 18.5. The monoisotopic (exact) mass is 233 g/mol. The highest BCUT2D eigenvalue weighted by Gasteiger charge is 2.36. The van der Waals surface area contributed by atoms with Crippen LogP contribution in [0.3, 0.4) is 0 Å². The third-order valence-corrected chi connectivity index (χ3v) is 3.64. The Balaban J connectivity index is 2.39. The van der Waals surface area contributed by atoms with Crippen molar-refractivity contribution in [2.24, 2.45) is 0 Å². The van der Waals surface area contributed by atoms with Gasteiger partial charge in [0, 0.05) is 18.2 Å². The molecule has 0 saturated carbocycles. The highest BCUT2D eigenvalue weighted by Crippen LogP contribution is 2.35. The second-order valence-corrected chi connectivity index (χ2v) is 4.56. The van der Waals surface area contributed by atoms with Crippen LogP contribution in [0.2, 0.25) is 0 Å². The molecule has 3 nitrogen and oxygen atoms in total. The van der Waals surface area contributed by atoms with Gasteiger partial charge in [-0.3, -0.25) is 0 Å². The summed E-state index contributed by atoms with van der Waals surface area (Å²) in [5.74, 6) is -0.715. The second-order valence-electron chi connectivity index (χ2n) is 4.56. The van der Waals surface area contributed by atoms with E-state index in [1.54, 1.807) is 0 Å². The molecule has 1 atom stereocenters. The maximum Gasteiger partial charge on any atom is 0.326 e. The quantitative estimate of drug-likeness (QED) is 0.869. The number of benzene rings is 1. The van der Waals surface area contributed by atoms with Crippen LogP contribution >= 0.6 is 0 Å². The van der Waals surface area contributed by atoms with Crippen LogP contribution in [0.15, 0.2) is 24.3 Å². The number of carboxylic acid groups (broad SMARTS) is 1. The fraction of sp³-hybridized carbons (Fsp3) is 0.500. The zero-order valence-corrected chi connectivity index (χ0v) is 10.4. The van der Waals surface area contributed by atoms with Gasteiger partial charge in [-0.1, -0.05) is 32.0 Å². The van der Waals surface area contributed by atoms with Crippen LogP contribution in [0.1, 0.15) is 32.3 Å². The summed E-state index contributed by atoms with van der Waals surface area (Å²) in [7, 11) is 0. The Morgan fingerprint density at radius 1 is 1.41 bits per heavy atom. The van der Waals surface area contributed by atoms with E-state index in [4.69, 9.17) is 0 Å². The number of carboxylic acids is 1. The van der Waals surface area contributed by atoms with Crippen LogP contribution in [0.25, 0.3) is 0 Å². The molecule has 0 amide bonds. The van der Waals surface area contributed by atoms with Crippen molar-refractivity contribution in [1.29, 1.82) is 0 Å². The largest absolute Gasteiger partial charge is 0.480 e. The molecule has 0 bridgehead atoms. The van der Waals surface area contributed by atoms with Crippen LogP contribution in [-0.4, -0.2) is 23.2 Å². The molecule has 0 radical (unpaired) electrons. The summed E-state index contributed by atoms with van der Waals surface area (Å²) in [6, 6.07) is 7.97. The van der Waals surface area contributed by atoms with E-state index in [0.29, 0.717) is 12.5 Å². The number of rotatable bonds is 4. The van der Waals surface area contributed by atoms with Crippen LogP contribution in [0.5, 0.6) is 0 Å². The predicted molar refractivity (Wildman–Crippen MR) is 68.4 cm³/mol. The Labute approximate surface area is 102 Å². The lowest BCUT2D eigenvalue weighted by molar-refractivity contribution is -0.138. The molecule has 3 heteroatoms. The van der Waals surface area contributed by atoms with E-state index in [9.17, 15) is 9.90 Å². The van der Waals surface area contributed by atoms with Crippen LogP contribution < -0.4 is 4.90 Å². The van der Waals surface area contributed by atoms with E-state index >= 15 is 0 Å². The van der Waals surface area contributed by atoms with Crippen LogP contribution in [-0.2, 0) is 11.2 Å². The summed E-state index contributed by atoms with van der Waals surface area (Å²) in [5.41, 5.74) is 2.26. The van der Waals surface area contributed by atoms with E-state index in [2.05, 4.69) is 18.7 Å². The fourth-order valence-corrected chi connectivity index (χ4v) is 2.75. The molecule has 0 fully saturated rings. The van der Waals surface area contributed by atoms with Gasteiger partial charge in [0.05, 0.1) is 0 Å². The van der Waals surface area contributed by atoms with Crippen molar-refractivity contribution < 1.29 is 9.90 Å². The van der Waals surface area contributed by atoms with Gasteiger partial charge in [0.25, 0.3) is 0 Å². The van der Waals surface area contributed by atoms with Gasteiger partial charge in [-0.2, -0.15) is 0 Å². The molecule has 2 rings (SSSR count). The molecule has 0 saturated heterocycles. The standard InChI is InChI=1S/C14H19NO2/c1-3-11(4-2)15-12-8-6-5-7-10(12)9-13(15)14(16)17/h5-8,11,13H,3-4,9H2,1-2H3,(H,16,17). The van der Waals surface area contributed by atoms with Crippen molar-refractivity contribution in [2.75, 3.05) is 4.90 Å². The molecule has 1 aliphatic heterocycles. The third kappa shape index (κ3) is 2.02. The van der Waals surface area contributed by atoms with Gasteiger partial charge in [-0.15, -0.1) is 0 Å². The smallest absolute Gasteiger partial charge is 0.326 e. The molecule has 92 valence electrons. The van der Waals surface area contributed by atoms with E-state index in [0.717, 1.165) is 24.1 Å². The Morgan fingerprint density at radius 3 is 2.65 bits per heavy atom. The van der Waals surface area contributed by atoms with E-state index in [1.165, 1.54) is 0 Å². The van der Waals surface area contributed by atoms with E-state index < -0.39 is 12.0 Å². The predicted octanol–water partition coefficient (Wildman–Crippen LogP) is 2.69. The molecule has 1 N–H and O–H groups in total. The van der Waals surface area contributed by atoms with Crippen LogP contribution in [0.4, 0.5) is 5.69 Å². The average Bonchev–Trinajstić information content (AvgIpc) is 2.71. The molecule has 0 aliphatic carbocycles. The molecular weight excluding hydrogens is 214 g/mol. The lowest BCUT2D eigenvalue weighted by atomic mass is 10.1. The van der Waals surface area contributed by atoms with Crippen molar-refractivity contribution >= 4 is 11.7 Å². The number of nitrogens with zero attached hydrogens (tertiary/aromatic N) is 1. The highest BCUT2D eigenvalue weighted by atomic mass is 16.4. The van der Waals surface area contributed by atoms with Gasteiger partial charge in [0.15, 0.2) is 0 Å². The number of anilines is 1. The van der Waals surface area contributed by atoms with Crippen molar-refractivity contribution in [3.63, 3.8) is 0 Å². The SMILES string of the molecule is CCC(CC)N1c2ccccc2CC1C(=O)O. The van der Waals surface area contributed by atoms with Gasteiger partial charge in [0.2, 0.25) is 0 Å². The third-order valence-electron chi connectivity index (χ3n) is 3.64. The van der Waals surface area contributed by atoms with Gasteiger partial charge in [-0.05, 0) is 24.5 Å². The van der Waals surface area contributed by atoms with Gasteiger partial charge in [0.1, 0.15) is 6.04 Å². The highest BCUT2D eigenvalue weighted by molar-refractivity contribution is 5.82. The minimum Gasteiger partial charge on any atom is -0.480 e. The lowest BCUT2D eigenvalue weighted by Gasteiger charge is -2.32. The molecule has 1 aliphatic rings. The van der Waals surface area contributed by atoms with E-state index in [-0.39, 0.29) is 0 Å². The summed E-state index contributed by atoms with van der Waals surface area (Å²) < 4.78 is 0. The molecule has 17 heavy (non-hydrogen) atoms. The summed E-state index contributed by atoms with van der Waals surface area (Å²) >= 11 is 0. The molecule has 0 spiro atoms. The first-order chi connectivity index (χ1) is 8.19. The number of para-hydroxylation sites is 1. The first-order valence-corrected chi connectivity index (χ1v) is 6.28. The molecule has 1 unspecified atom stereocenters. The Bertz CT molecular complexity index is 412. The van der Waals surface area contributed by atoms with Crippen molar-refractivity contribution in [1.82, 2.24) is 0 Å². The molecule has 1 aromatic rings. The Hall–Kier alpha value is -1.51. The van der Waals surface area contributed by atoms with Crippen molar-refractivity contribution in [2.45, 2.75) is 45.2 Å². The Kier molecular flexibility index (Phi) is 3.36. The number of hydrogen-bond donors (Lipinski definition) is 1. The first kappa shape index (κ1) is 12.0. The lowest BCUT2D eigenvalue weighted by Crippen LogP contribution is -2.45. The minimum atomic E-state index is -0.715. The summed E-state index contributed by atoms with van der Waals surface area (Å²) in [6.07, 6.45) is 2.59. The fourth-order valence-electron chi connectivity index (χ4n) is 2.75. The van der Waals surface area contributed by atoms with Gasteiger partial charge < -0.3 is 10.0 Å². The minimum absolute atomic E-state index is 0.319.